The molecule has 0 unspecified atom stereocenters. The van der Waals surface area contributed by atoms with Crippen LogP contribution in [-0.2, 0) is 24.9 Å². The van der Waals surface area contributed by atoms with Gasteiger partial charge in [0.05, 0.1) is 12.7 Å². The Morgan fingerprint density at radius 1 is 1.18 bits per heavy atom. The predicted octanol–water partition coefficient (Wildman–Crippen LogP) is -0.336. The molecule has 170 valence electrons. The first-order valence-corrected chi connectivity index (χ1v) is 10.2. The standard InChI is InChI=1S/C21H22N8O4/c1-3-28(15(30)11-27-12-23-18-14(20(27)32)9-24-26(18)2)16-17(22)29(21(33)25-19(16)31)10-13-7-5-4-6-8-13/h4-9,12H,3,10-11,22H2,1-2H3,(H,25,31,33). The van der Waals surface area contributed by atoms with Crippen LogP contribution in [0.3, 0.4) is 0 Å². The second-order valence-corrected chi connectivity index (χ2v) is 7.39. The molecule has 4 rings (SSSR count). The van der Waals surface area contributed by atoms with Gasteiger partial charge in [-0.25, -0.2) is 9.78 Å². The number of nitrogen functional groups attached to an aromatic ring is 1. The number of fused-ring (bicyclic) bond motifs is 1. The molecule has 0 saturated heterocycles. The molecule has 0 fully saturated rings. The summed E-state index contributed by atoms with van der Waals surface area (Å²) in [6, 6.07) is 9.09. The molecule has 0 aliphatic heterocycles. The third-order valence-electron chi connectivity index (χ3n) is 5.31. The largest absolute Gasteiger partial charge is 0.383 e. The number of benzene rings is 1. The molecule has 3 aromatic heterocycles. The molecule has 0 aliphatic rings. The highest BCUT2D eigenvalue weighted by Gasteiger charge is 2.24. The van der Waals surface area contributed by atoms with E-state index in [1.54, 1.807) is 14.0 Å². The molecule has 4 aromatic rings. The van der Waals surface area contributed by atoms with E-state index in [2.05, 4.69) is 15.1 Å². The third kappa shape index (κ3) is 3.93. The third-order valence-corrected chi connectivity index (χ3v) is 5.31. The maximum atomic E-state index is 13.1. The van der Waals surface area contributed by atoms with Crippen molar-refractivity contribution in [2.24, 2.45) is 7.05 Å². The number of likely N-dealkylation sites (N-methyl/N-ethyl adjacent to an activating group) is 1. The number of nitrogens with zero attached hydrogens (tertiary/aromatic N) is 6. The number of anilines is 2. The molecule has 12 heteroatoms. The van der Waals surface area contributed by atoms with Gasteiger partial charge in [0, 0.05) is 13.6 Å². The average Bonchev–Trinajstić information content (AvgIpc) is 3.18. The first-order chi connectivity index (χ1) is 15.8. The number of carbonyl (C=O) groups excluding carboxylic acids is 1. The molecule has 0 atom stereocenters. The van der Waals surface area contributed by atoms with Crippen molar-refractivity contribution in [3.63, 3.8) is 0 Å². The van der Waals surface area contributed by atoms with Crippen molar-refractivity contribution < 1.29 is 4.79 Å². The lowest BCUT2D eigenvalue weighted by Crippen LogP contribution is -2.43. The molecule has 0 spiro atoms. The van der Waals surface area contributed by atoms with Crippen molar-refractivity contribution in [1.82, 2.24) is 28.9 Å². The molecule has 1 aromatic carbocycles. The molecule has 0 radical (unpaired) electrons. The van der Waals surface area contributed by atoms with Crippen molar-refractivity contribution in [2.75, 3.05) is 17.2 Å². The summed E-state index contributed by atoms with van der Waals surface area (Å²) in [5.41, 5.74) is 5.33. The molecule has 3 heterocycles. The Balaban J connectivity index is 1.71. The topological polar surface area (TPSA) is 154 Å². The molecule has 33 heavy (non-hydrogen) atoms. The molecule has 0 bridgehead atoms. The minimum Gasteiger partial charge on any atom is -0.383 e. The number of aromatic amines is 1. The van der Waals surface area contributed by atoms with Gasteiger partial charge in [0.2, 0.25) is 5.91 Å². The van der Waals surface area contributed by atoms with E-state index in [1.165, 1.54) is 21.8 Å². The minimum atomic E-state index is -0.787. The summed E-state index contributed by atoms with van der Waals surface area (Å²) in [5, 5.41) is 4.27. The van der Waals surface area contributed by atoms with E-state index in [0.29, 0.717) is 5.65 Å². The smallest absolute Gasteiger partial charge is 0.330 e. The van der Waals surface area contributed by atoms with Crippen LogP contribution in [0.5, 0.6) is 0 Å². The number of hydrogen-bond acceptors (Lipinski definition) is 7. The maximum absolute atomic E-state index is 13.1. The summed E-state index contributed by atoms with van der Waals surface area (Å²) in [5.74, 6) is -0.706. The first-order valence-electron chi connectivity index (χ1n) is 10.2. The zero-order valence-electron chi connectivity index (χ0n) is 18.1. The van der Waals surface area contributed by atoms with Gasteiger partial charge in [-0.3, -0.25) is 33.2 Å². The predicted molar refractivity (Wildman–Crippen MR) is 122 cm³/mol. The first kappa shape index (κ1) is 21.7. The van der Waals surface area contributed by atoms with E-state index >= 15 is 0 Å². The van der Waals surface area contributed by atoms with Gasteiger partial charge >= 0.3 is 5.69 Å². The zero-order chi connectivity index (χ0) is 23.7. The average molecular weight is 450 g/mol. The number of carbonyl (C=O) groups is 1. The number of amides is 1. The lowest BCUT2D eigenvalue weighted by molar-refractivity contribution is -0.119. The number of aryl methyl sites for hydroxylation is 1. The lowest BCUT2D eigenvalue weighted by Gasteiger charge is -2.23. The van der Waals surface area contributed by atoms with Gasteiger partial charge in [0.15, 0.2) is 11.3 Å². The van der Waals surface area contributed by atoms with Gasteiger partial charge in [-0.15, -0.1) is 0 Å². The normalized spacial score (nSPS) is 11.1. The quantitative estimate of drug-likeness (QED) is 0.407. The van der Waals surface area contributed by atoms with Crippen LogP contribution in [0.15, 0.2) is 57.2 Å². The summed E-state index contributed by atoms with van der Waals surface area (Å²) in [4.78, 5) is 58.4. The summed E-state index contributed by atoms with van der Waals surface area (Å²) in [6.45, 7) is 1.49. The number of H-pyrrole nitrogens is 1. The highest BCUT2D eigenvalue weighted by Crippen LogP contribution is 2.18. The van der Waals surface area contributed by atoms with Gasteiger partial charge < -0.3 is 10.6 Å². The van der Waals surface area contributed by atoms with E-state index in [-0.39, 0.29) is 36.5 Å². The van der Waals surface area contributed by atoms with Crippen LogP contribution in [0.25, 0.3) is 11.0 Å². The van der Waals surface area contributed by atoms with E-state index in [9.17, 15) is 19.2 Å². The molecule has 12 nitrogen and oxygen atoms in total. The Morgan fingerprint density at radius 3 is 2.61 bits per heavy atom. The Kier molecular flexibility index (Phi) is 5.65. The molecular weight excluding hydrogens is 428 g/mol. The second-order valence-electron chi connectivity index (χ2n) is 7.39. The molecule has 3 N–H and O–H groups in total. The monoisotopic (exact) mass is 450 g/mol. The maximum Gasteiger partial charge on any atom is 0.330 e. The summed E-state index contributed by atoms with van der Waals surface area (Å²) in [6.07, 6.45) is 2.63. The van der Waals surface area contributed by atoms with Gasteiger partial charge in [-0.2, -0.15) is 5.10 Å². The Morgan fingerprint density at radius 2 is 1.91 bits per heavy atom. The van der Waals surface area contributed by atoms with Crippen molar-refractivity contribution in [3.05, 3.63) is 79.6 Å². The highest BCUT2D eigenvalue weighted by molar-refractivity contribution is 5.95. The number of nitrogens with two attached hydrogens (primary N) is 1. The van der Waals surface area contributed by atoms with E-state index in [1.807, 2.05) is 30.3 Å². The second kappa shape index (κ2) is 8.57. The van der Waals surface area contributed by atoms with Gasteiger partial charge in [-0.05, 0) is 12.5 Å². The van der Waals surface area contributed by atoms with Crippen LogP contribution >= 0.6 is 0 Å². The highest BCUT2D eigenvalue weighted by atomic mass is 16.2. The summed E-state index contributed by atoms with van der Waals surface area (Å²) >= 11 is 0. The van der Waals surface area contributed by atoms with Gasteiger partial charge in [0.25, 0.3) is 11.1 Å². The Bertz CT molecular complexity index is 1510. The van der Waals surface area contributed by atoms with Crippen LogP contribution in [0.2, 0.25) is 0 Å². The fourth-order valence-electron chi connectivity index (χ4n) is 3.63. The van der Waals surface area contributed by atoms with Crippen molar-refractivity contribution in [2.45, 2.75) is 20.0 Å². The van der Waals surface area contributed by atoms with Crippen LogP contribution in [-0.4, -0.2) is 41.3 Å². The Labute approximate surface area is 186 Å². The number of aromatic nitrogens is 6. The van der Waals surface area contributed by atoms with E-state index < -0.39 is 22.7 Å². The van der Waals surface area contributed by atoms with Crippen LogP contribution in [0.4, 0.5) is 11.5 Å². The fourth-order valence-corrected chi connectivity index (χ4v) is 3.63. The summed E-state index contributed by atoms with van der Waals surface area (Å²) < 4.78 is 3.79. The SMILES string of the molecule is CCN(C(=O)Cn1cnc2c(cnn2C)c1=O)c1c(N)n(Cc2ccccc2)c(=O)[nH]c1=O. The van der Waals surface area contributed by atoms with Crippen molar-refractivity contribution in [1.29, 1.82) is 0 Å². The van der Waals surface area contributed by atoms with Crippen molar-refractivity contribution >= 4 is 28.4 Å². The van der Waals surface area contributed by atoms with Crippen molar-refractivity contribution in [3.8, 4) is 0 Å². The lowest BCUT2D eigenvalue weighted by atomic mass is 10.2. The zero-order valence-corrected chi connectivity index (χ0v) is 18.1. The number of rotatable bonds is 6. The molecule has 0 aliphatic carbocycles. The Hall–Kier alpha value is -4.48. The van der Waals surface area contributed by atoms with Gasteiger partial charge in [-0.1, -0.05) is 30.3 Å². The molecule has 1 amide bonds. The molecular formula is C21H22N8O4. The van der Waals surface area contributed by atoms with Crippen LogP contribution in [0, 0.1) is 0 Å². The fraction of sp³-hybridized carbons (Fsp3) is 0.238. The number of nitrogens with one attached hydrogen (secondary N) is 1. The van der Waals surface area contributed by atoms with Crippen LogP contribution < -0.4 is 27.4 Å². The molecule has 0 saturated carbocycles. The van der Waals surface area contributed by atoms with E-state index in [0.717, 1.165) is 15.0 Å². The van der Waals surface area contributed by atoms with Crippen LogP contribution in [0.1, 0.15) is 12.5 Å². The minimum absolute atomic E-state index is 0.0902. The van der Waals surface area contributed by atoms with E-state index in [4.69, 9.17) is 5.73 Å². The number of hydrogen-bond donors (Lipinski definition) is 2. The van der Waals surface area contributed by atoms with Gasteiger partial charge in [0.1, 0.15) is 24.1 Å². The summed E-state index contributed by atoms with van der Waals surface area (Å²) in [7, 11) is 1.66.